The van der Waals surface area contributed by atoms with Crippen molar-refractivity contribution in [2.75, 3.05) is 33.9 Å². The Morgan fingerprint density at radius 1 is 1.43 bits per heavy atom. The molecule has 0 bridgehead atoms. The Labute approximate surface area is 144 Å². The molecule has 1 heterocycles. The minimum Gasteiger partial charge on any atom is -0.504 e. The van der Waals surface area contributed by atoms with E-state index in [1.165, 1.54) is 20.3 Å². The van der Waals surface area contributed by atoms with E-state index in [0.717, 1.165) is 25.9 Å². The lowest BCUT2D eigenvalue weighted by Gasteiger charge is -2.23. The van der Waals surface area contributed by atoms with E-state index in [4.69, 9.17) is 9.47 Å². The lowest BCUT2D eigenvalue weighted by Crippen LogP contribution is -2.40. The molecule has 0 aromatic heterocycles. The van der Waals surface area contributed by atoms with Gasteiger partial charge in [0, 0.05) is 18.7 Å². The van der Waals surface area contributed by atoms with E-state index in [0.29, 0.717) is 22.8 Å². The molecule has 2 N–H and O–H groups in total. The van der Waals surface area contributed by atoms with Crippen molar-refractivity contribution in [1.82, 2.24) is 10.2 Å². The molecule has 1 aliphatic heterocycles. The van der Waals surface area contributed by atoms with Gasteiger partial charge in [-0.05, 0) is 41.9 Å². The Hall–Kier alpha value is -1.47. The molecule has 1 unspecified atom stereocenters. The summed E-state index contributed by atoms with van der Waals surface area (Å²) in [6.45, 7) is 4.73. The number of rotatable bonds is 6. The molecule has 0 spiro atoms. The summed E-state index contributed by atoms with van der Waals surface area (Å²) in [4.78, 5) is 15.0. The standard InChI is InChI=1S/C16H23BrN2O4/c1-4-19-7-5-6-10(19)9-18-16(21)13-14(22-2)11(17)8-12(20)15(13)23-3/h8,10,20H,4-7,9H2,1-3H3,(H,18,21). The van der Waals surface area contributed by atoms with Crippen molar-refractivity contribution in [1.29, 1.82) is 0 Å². The van der Waals surface area contributed by atoms with E-state index in [1.807, 2.05) is 0 Å². The van der Waals surface area contributed by atoms with Crippen molar-refractivity contribution in [2.45, 2.75) is 25.8 Å². The highest BCUT2D eigenvalue weighted by atomic mass is 79.9. The zero-order valence-corrected chi connectivity index (χ0v) is 15.3. The molecule has 1 amide bonds. The first kappa shape index (κ1) is 17.9. The van der Waals surface area contributed by atoms with Crippen molar-refractivity contribution >= 4 is 21.8 Å². The summed E-state index contributed by atoms with van der Waals surface area (Å²) < 4.78 is 11.0. The minimum absolute atomic E-state index is 0.110. The van der Waals surface area contributed by atoms with E-state index in [-0.39, 0.29) is 23.0 Å². The van der Waals surface area contributed by atoms with Crippen molar-refractivity contribution in [3.63, 3.8) is 0 Å². The molecule has 2 rings (SSSR count). The molecule has 7 heteroatoms. The van der Waals surface area contributed by atoms with Crippen molar-refractivity contribution in [3.8, 4) is 17.2 Å². The van der Waals surface area contributed by atoms with Gasteiger partial charge in [0.25, 0.3) is 5.91 Å². The Bertz CT molecular complexity index is 551. The van der Waals surface area contributed by atoms with Gasteiger partial charge in [-0.3, -0.25) is 9.69 Å². The second kappa shape index (κ2) is 7.88. The van der Waals surface area contributed by atoms with Gasteiger partial charge in [0.15, 0.2) is 11.5 Å². The maximum Gasteiger partial charge on any atom is 0.259 e. The number of likely N-dealkylation sites (N-methyl/N-ethyl adjacent to an activating group) is 1. The minimum atomic E-state index is -0.321. The molecule has 1 aromatic carbocycles. The number of likely N-dealkylation sites (tertiary alicyclic amines) is 1. The van der Waals surface area contributed by atoms with Crippen LogP contribution in [-0.4, -0.2) is 55.8 Å². The van der Waals surface area contributed by atoms with E-state index in [9.17, 15) is 9.90 Å². The molecule has 0 aliphatic carbocycles. The highest BCUT2D eigenvalue weighted by molar-refractivity contribution is 9.10. The number of benzene rings is 1. The molecule has 0 radical (unpaired) electrons. The predicted molar refractivity (Wildman–Crippen MR) is 91.5 cm³/mol. The normalized spacial score (nSPS) is 18.0. The number of hydrogen-bond donors (Lipinski definition) is 2. The number of aromatic hydroxyl groups is 1. The van der Waals surface area contributed by atoms with Crippen LogP contribution in [0.1, 0.15) is 30.1 Å². The van der Waals surface area contributed by atoms with Crippen LogP contribution in [-0.2, 0) is 0 Å². The first-order chi connectivity index (χ1) is 11.0. The fraction of sp³-hybridized carbons (Fsp3) is 0.562. The summed E-state index contributed by atoms with van der Waals surface area (Å²) in [6, 6.07) is 1.80. The number of nitrogens with zero attached hydrogens (tertiary/aromatic N) is 1. The van der Waals surface area contributed by atoms with Crippen LogP contribution in [0.5, 0.6) is 17.2 Å². The highest BCUT2D eigenvalue weighted by Gasteiger charge is 2.27. The highest BCUT2D eigenvalue weighted by Crippen LogP contribution is 2.42. The Balaban J connectivity index is 2.21. The van der Waals surface area contributed by atoms with Crippen molar-refractivity contribution < 1.29 is 19.4 Å². The van der Waals surface area contributed by atoms with E-state index in [1.54, 1.807) is 0 Å². The summed E-state index contributed by atoms with van der Waals surface area (Å²) in [5, 5.41) is 12.9. The molecule has 6 nitrogen and oxygen atoms in total. The first-order valence-electron chi connectivity index (χ1n) is 7.69. The molecule has 1 atom stereocenters. The number of carbonyl (C=O) groups excluding carboxylic acids is 1. The first-order valence-corrected chi connectivity index (χ1v) is 8.48. The summed E-state index contributed by atoms with van der Waals surface area (Å²) in [7, 11) is 2.89. The summed E-state index contributed by atoms with van der Waals surface area (Å²) in [5.41, 5.74) is 0.197. The van der Waals surface area contributed by atoms with Gasteiger partial charge in [0.05, 0.1) is 18.7 Å². The van der Waals surface area contributed by atoms with Gasteiger partial charge in [-0.2, -0.15) is 0 Å². The van der Waals surface area contributed by atoms with Crippen molar-refractivity contribution in [3.05, 3.63) is 16.1 Å². The van der Waals surface area contributed by atoms with Crippen molar-refractivity contribution in [2.24, 2.45) is 0 Å². The summed E-state index contributed by atoms with van der Waals surface area (Å²) in [6.07, 6.45) is 2.23. The number of phenols is 1. The topological polar surface area (TPSA) is 71.0 Å². The van der Waals surface area contributed by atoms with E-state index in [2.05, 4.69) is 33.1 Å². The summed E-state index contributed by atoms with van der Waals surface area (Å²) in [5.74, 6) is 0.0249. The zero-order valence-electron chi connectivity index (χ0n) is 13.7. The quantitative estimate of drug-likeness (QED) is 0.785. The molecule has 128 valence electrons. The molecule has 0 saturated carbocycles. The maximum absolute atomic E-state index is 12.6. The Kier molecular flexibility index (Phi) is 6.12. The molecule has 1 aliphatic rings. The second-order valence-electron chi connectivity index (χ2n) is 5.45. The average Bonchev–Trinajstić information content (AvgIpc) is 2.99. The maximum atomic E-state index is 12.6. The average molecular weight is 387 g/mol. The number of phenolic OH excluding ortho intramolecular Hbond substituents is 1. The van der Waals surface area contributed by atoms with Gasteiger partial charge in [0.2, 0.25) is 0 Å². The largest absolute Gasteiger partial charge is 0.504 e. The number of nitrogens with one attached hydrogen (secondary N) is 1. The molecule has 1 saturated heterocycles. The lowest BCUT2D eigenvalue weighted by molar-refractivity contribution is 0.0934. The van der Waals surface area contributed by atoms with Crippen LogP contribution >= 0.6 is 15.9 Å². The van der Waals surface area contributed by atoms with Crippen LogP contribution < -0.4 is 14.8 Å². The molecule has 23 heavy (non-hydrogen) atoms. The Morgan fingerprint density at radius 3 is 2.74 bits per heavy atom. The van der Waals surface area contributed by atoms with Gasteiger partial charge >= 0.3 is 0 Å². The monoisotopic (exact) mass is 386 g/mol. The fourth-order valence-corrected chi connectivity index (χ4v) is 3.63. The van der Waals surface area contributed by atoms with Crippen LogP contribution in [0.3, 0.4) is 0 Å². The zero-order chi connectivity index (χ0) is 17.0. The Morgan fingerprint density at radius 2 is 2.13 bits per heavy atom. The fourth-order valence-electron chi connectivity index (χ4n) is 3.06. The van der Waals surface area contributed by atoms with Gasteiger partial charge in [0.1, 0.15) is 11.3 Å². The van der Waals surface area contributed by atoms with Crippen LogP contribution in [0.15, 0.2) is 10.5 Å². The third-order valence-corrected chi connectivity index (χ3v) is 4.79. The van der Waals surface area contributed by atoms with Gasteiger partial charge in [-0.1, -0.05) is 6.92 Å². The number of ether oxygens (including phenoxy) is 2. The molecular weight excluding hydrogens is 364 g/mol. The smallest absolute Gasteiger partial charge is 0.259 e. The van der Waals surface area contributed by atoms with Gasteiger partial charge < -0.3 is 19.9 Å². The van der Waals surface area contributed by atoms with E-state index >= 15 is 0 Å². The number of hydrogen-bond acceptors (Lipinski definition) is 5. The molecular formula is C16H23BrN2O4. The SMILES string of the molecule is CCN1CCCC1CNC(=O)c1c(OC)c(O)cc(Br)c1OC. The van der Waals surface area contributed by atoms with Crippen LogP contribution in [0.4, 0.5) is 0 Å². The second-order valence-corrected chi connectivity index (χ2v) is 6.31. The number of methoxy groups -OCH3 is 2. The third kappa shape index (κ3) is 3.72. The van der Waals surface area contributed by atoms with Crippen LogP contribution in [0.25, 0.3) is 0 Å². The molecule has 1 fully saturated rings. The van der Waals surface area contributed by atoms with Gasteiger partial charge in [-0.15, -0.1) is 0 Å². The third-order valence-electron chi connectivity index (χ3n) is 4.21. The van der Waals surface area contributed by atoms with Crippen LogP contribution in [0, 0.1) is 0 Å². The van der Waals surface area contributed by atoms with Crippen LogP contribution in [0.2, 0.25) is 0 Å². The number of carbonyl (C=O) groups is 1. The predicted octanol–water partition coefficient (Wildman–Crippen LogP) is 2.39. The van der Waals surface area contributed by atoms with E-state index < -0.39 is 0 Å². The molecule has 1 aromatic rings. The van der Waals surface area contributed by atoms with Gasteiger partial charge in [-0.25, -0.2) is 0 Å². The number of amides is 1. The number of halogens is 1. The summed E-state index contributed by atoms with van der Waals surface area (Å²) >= 11 is 3.30. The lowest BCUT2D eigenvalue weighted by atomic mass is 10.1.